The Labute approximate surface area is 178 Å². The number of nitrogens with one attached hydrogen (secondary N) is 1. The number of benzene rings is 1. The highest BCUT2D eigenvalue weighted by Gasteiger charge is 2.30. The Bertz CT molecular complexity index is 1040. The molecule has 2 aliphatic rings. The number of para-hydroxylation sites is 2. The zero-order valence-corrected chi connectivity index (χ0v) is 17.0. The van der Waals surface area contributed by atoms with E-state index in [-0.39, 0.29) is 17.8 Å². The van der Waals surface area contributed by atoms with Gasteiger partial charge in [-0.15, -0.1) is 10.2 Å². The van der Waals surface area contributed by atoms with Crippen molar-refractivity contribution >= 4 is 17.7 Å². The molecule has 1 aliphatic carbocycles. The molecule has 5 rings (SSSR count). The molecule has 0 spiro atoms. The van der Waals surface area contributed by atoms with Crippen LogP contribution in [0.5, 0.6) is 11.5 Å². The van der Waals surface area contributed by atoms with Crippen LogP contribution in [0, 0.1) is 0 Å². The van der Waals surface area contributed by atoms with Gasteiger partial charge in [-0.05, 0) is 37.1 Å². The Balaban J connectivity index is 1.17. The van der Waals surface area contributed by atoms with Crippen LogP contribution < -0.4 is 14.8 Å². The van der Waals surface area contributed by atoms with Crippen LogP contribution in [0.4, 0.5) is 0 Å². The summed E-state index contributed by atoms with van der Waals surface area (Å²) in [7, 11) is 0. The van der Waals surface area contributed by atoms with Crippen LogP contribution in [0.25, 0.3) is 11.4 Å². The van der Waals surface area contributed by atoms with Gasteiger partial charge in [0.25, 0.3) is 0 Å². The highest BCUT2D eigenvalue weighted by atomic mass is 32.2. The summed E-state index contributed by atoms with van der Waals surface area (Å²) in [6.07, 6.45) is 5.50. The number of nitrogens with zero attached hydrogens (tertiary/aromatic N) is 4. The van der Waals surface area contributed by atoms with Crippen molar-refractivity contribution in [2.45, 2.75) is 30.1 Å². The third-order valence-corrected chi connectivity index (χ3v) is 5.88. The molecule has 0 unspecified atom stereocenters. The second kappa shape index (κ2) is 8.35. The molecule has 1 aliphatic heterocycles. The molecule has 0 radical (unpaired) electrons. The van der Waals surface area contributed by atoms with Crippen LogP contribution in [0.15, 0.2) is 53.9 Å². The summed E-state index contributed by atoms with van der Waals surface area (Å²) in [5.74, 6) is 2.47. The molecule has 1 aromatic carbocycles. The Kier molecular flexibility index (Phi) is 5.27. The number of carbonyl (C=O) groups excluding carboxylic acids is 1. The average Bonchev–Trinajstić information content (AvgIpc) is 3.55. The van der Waals surface area contributed by atoms with Crippen molar-refractivity contribution in [3.8, 4) is 22.9 Å². The first kappa shape index (κ1) is 18.9. The van der Waals surface area contributed by atoms with E-state index in [0.717, 1.165) is 35.1 Å². The molecular weight excluding hydrogens is 402 g/mol. The van der Waals surface area contributed by atoms with Gasteiger partial charge in [-0.3, -0.25) is 14.3 Å². The number of hydrogen-bond donors (Lipinski definition) is 1. The molecule has 0 saturated heterocycles. The van der Waals surface area contributed by atoms with Gasteiger partial charge in [0.1, 0.15) is 12.7 Å². The number of rotatable bonds is 7. The minimum absolute atomic E-state index is 0.0710. The standard InChI is InChI=1S/C21H21N5O3S/c27-19(23-11-16-12-28-17-3-1-2-4-18(17)29-16)13-30-21-25-24-20(26(21)15-5-6-15)14-7-9-22-10-8-14/h1-4,7-10,15-16H,5-6,11-13H2,(H,23,27)/t16-/m0/s1. The predicted molar refractivity (Wildman–Crippen MR) is 112 cm³/mol. The average molecular weight is 423 g/mol. The van der Waals surface area contributed by atoms with E-state index in [1.165, 1.54) is 11.8 Å². The van der Waals surface area contributed by atoms with Crippen molar-refractivity contribution in [2.75, 3.05) is 18.9 Å². The summed E-state index contributed by atoms with van der Waals surface area (Å²) in [6, 6.07) is 11.8. The monoisotopic (exact) mass is 423 g/mol. The first-order valence-electron chi connectivity index (χ1n) is 9.91. The molecule has 3 aromatic rings. The third-order valence-electron chi connectivity index (χ3n) is 4.94. The highest BCUT2D eigenvalue weighted by molar-refractivity contribution is 7.99. The quantitative estimate of drug-likeness (QED) is 0.584. The van der Waals surface area contributed by atoms with Crippen molar-refractivity contribution in [3.63, 3.8) is 0 Å². The molecule has 0 bridgehead atoms. The first-order valence-corrected chi connectivity index (χ1v) is 10.9. The molecule has 154 valence electrons. The summed E-state index contributed by atoms with van der Waals surface area (Å²) in [6.45, 7) is 0.807. The number of amides is 1. The van der Waals surface area contributed by atoms with E-state index < -0.39 is 0 Å². The van der Waals surface area contributed by atoms with Crippen molar-refractivity contribution in [2.24, 2.45) is 0 Å². The van der Waals surface area contributed by atoms with Gasteiger partial charge in [0.05, 0.1) is 12.3 Å². The predicted octanol–water partition coefficient (Wildman–Crippen LogP) is 2.72. The van der Waals surface area contributed by atoms with E-state index in [2.05, 4.69) is 25.1 Å². The van der Waals surface area contributed by atoms with E-state index in [9.17, 15) is 4.79 Å². The fourth-order valence-corrected chi connectivity index (χ4v) is 4.14. The van der Waals surface area contributed by atoms with Crippen molar-refractivity contribution in [1.82, 2.24) is 25.1 Å². The van der Waals surface area contributed by atoms with Crippen LogP contribution in [0.2, 0.25) is 0 Å². The summed E-state index contributed by atoms with van der Waals surface area (Å²) in [5.41, 5.74) is 0.982. The van der Waals surface area contributed by atoms with Gasteiger partial charge in [-0.25, -0.2) is 0 Å². The number of hydrogen-bond acceptors (Lipinski definition) is 7. The van der Waals surface area contributed by atoms with Gasteiger partial charge in [0.15, 0.2) is 22.5 Å². The van der Waals surface area contributed by atoms with Gasteiger partial charge in [-0.1, -0.05) is 23.9 Å². The normalized spacial score (nSPS) is 17.5. The lowest BCUT2D eigenvalue weighted by Gasteiger charge is -2.26. The Morgan fingerprint density at radius 1 is 1.13 bits per heavy atom. The van der Waals surface area contributed by atoms with Gasteiger partial charge in [0, 0.05) is 24.0 Å². The molecule has 3 heterocycles. The molecular formula is C21H21N5O3S. The number of aromatic nitrogens is 4. The Morgan fingerprint density at radius 2 is 1.93 bits per heavy atom. The largest absolute Gasteiger partial charge is 0.486 e. The third kappa shape index (κ3) is 4.11. The van der Waals surface area contributed by atoms with Crippen molar-refractivity contribution in [3.05, 3.63) is 48.8 Å². The number of fused-ring (bicyclic) bond motifs is 1. The minimum Gasteiger partial charge on any atom is -0.486 e. The molecule has 2 aromatic heterocycles. The smallest absolute Gasteiger partial charge is 0.230 e. The highest BCUT2D eigenvalue weighted by Crippen LogP contribution is 2.41. The summed E-state index contributed by atoms with van der Waals surface area (Å²) in [5, 5.41) is 12.4. The van der Waals surface area contributed by atoms with E-state index in [0.29, 0.717) is 24.9 Å². The van der Waals surface area contributed by atoms with Crippen LogP contribution >= 0.6 is 11.8 Å². The van der Waals surface area contributed by atoms with Crippen LogP contribution in [-0.4, -0.2) is 50.7 Å². The van der Waals surface area contributed by atoms with Gasteiger partial charge < -0.3 is 14.8 Å². The number of thioether (sulfide) groups is 1. The number of ether oxygens (including phenoxy) is 2. The zero-order chi connectivity index (χ0) is 20.3. The summed E-state index contributed by atoms with van der Waals surface area (Å²) < 4.78 is 13.7. The summed E-state index contributed by atoms with van der Waals surface area (Å²) >= 11 is 1.40. The van der Waals surface area contributed by atoms with Gasteiger partial charge >= 0.3 is 0 Å². The topological polar surface area (TPSA) is 91.2 Å². The lowest BCUT2D eigenvalue weighted by molar-refractivity contribution is -0.119. The lowest BCUT2D eigenvalue weighted by atomic mass is 10.2. The second-order valence-electron chi connectivity index (χ2n) is 7.23. The second-order valence-corrected chi connectivity index (χ2v) is 8.18. The molecule has 1 amide bonds. The molecule has 1 saturated carbocycles. The van der Waals surface area contributed by atoms with Gasteiger partial charge in [0.2, 0.25) is 5.91 Å². The van der Waals surface area contributed by atoms with E-state index in [1.54, 1.807) is 12.4 Å². The SMILES string of the molecule is O=C(CSc1nnc(-c2ccncc2)n1C1CC1)NC[C@H]1COc2ccccc2O1. The molecule has 1 atom stereocenters. The van der Waals surface area contributed by atoms with E-state index >= 15 is 0 Å². The fourth-order valence-electron chi connectivity index (χ4n) is 3.31. The van der Waals surface area contributed by atoms with Crippen molar-refractivity contribution in [1.29, 1.82) is 0 Å². The fraction of sp³-hybridized carbons (Fsp3) is 0.333. The Morgan fingerprint density at radius 3 is 2.73 bits per heavy atom. The molecule has 1 fully saturated rings. The molecule has 1 N–H and O–H groups in total. The molecule has 30 heavy (non-hydrogen) atoms. The minimum atomic E-state index is -0.206. The Hall–Kier alpha value is -3.07. The number of carbonyl (C=O) groups is 1. The number of pyridine rings is 1. The lowest BCUT2D eigenvalue weighted by Crippen LogP contribution is -2.41. The zero-order valence-electron chi connectivity index (χ0n) is 16.2. The maximum absolute atomic E-state index is 12.4. The van der Waals surface area contributed by atoms with E-state index in [4.69, 9.17) is 9.47 Å². The molecule has 8 nitrogen and oxygen atoms in total. The van der Waals surface area contributed by atoms with Crippen LogP contribution in [0.1, 0.15) is 18.9 Å². The van der Waals surface area contributed by atoms with Crippen LogP contribution in [0.3, 0.4) is 0 Å². The van der Waals surface area contributed by atoms with Gasteiger partial charge in [-0.2, -0.15) is 0 Å². The first-order chi connectivity index (χ1) is 14.8. The van der Waals surface area contributed by atoms with Crippen LogP contribution in [-0.2, 0) is 4.79 Å². The molecule has 9 heteroatoms. The maximum Gasteiger partial charge on any atom is 0.230 e. The van der Waals surface area contributed by atoms with E-state index in [1.807, 2.05) is 36.4 Å². The maximum atomic E-state index is 12.4. The van der Waals surface area contributed by atoms with Crippen molar-refractivity contribution < 1.29 is 14.3 Å². The summed E-state index contributed by atoms with van der Waals surface area (Å²) in [4.78, 5) is 16.4.